The van der Waals surface area contributed by atoms with Gasteiger partial charge in [0.25, 0.3) is 0 Å². The highest BCUT2D eigenvalue weighted by molar-refractivity contribution is 6.31. The van der Waals surface area contributed by atoms with Gasteiger partial charge >= 0.3 is 0 Å². The Kier molecular flexibility index (Phi) is 3.50. The van der Waals surface area contributed by atoms with Crippen LogP contribution >= 0.6 is 11.6 Å². The summed E-state index contributed by atoms with van der Waals surface area (Å²) in [5, 5.41) is 5.01. The molecule has 0 aliphatic rings. The second-order valence-electron chi connectivity index (χ2n) is 4.11. The van der Waals surface area contributed by atoms with Crippen molar-refractivity contribution in [3.63, 3.8) is 0 Å². The molecule has 4 heteroatoms. The van der Waals surface area contributed by atoms with E-state index >= 15 is 0 Å². The van der Waals surface area contributed by atoms with Crippen LogP contribution < -0.4 is 5.73 Å². The van der Waals surface area contributed by atoms with Crippen LogP contribution in [0.3, 0.4) is 0 Å². The van der Waals surface area contributed by atoms with E-state index in [1.165, 1.54) is 0 Å². The molecule has 2 aromatic rings. The van der Waals surface area contributed by atoms with Gasteiger partial charge in [-0.05, 0) is 31.0 Å². The van der Waals surface area contributed by atoms with Gasteiger partial charge in [0.05, 0.1) is 16.4 Å². The minimum absolute atomic E-state index is 0.104. The number of nitrogens with zero attached hydrogens (tertiary/aromatic N) is 2. The summed E-state index contributed by atoms with van der Waals surface area (Å²) in [4.78, 5) is 0. The van der Waals surface area contributed by atoms with Gasteiger partial charge in [0.1, 0.15) is 0 Å². The molecular formula is C13H16ClN3. The second-order valence-corrected chi connectivity index (χ2v) is 4.52. The number of aryl methyl sites for hydroxylation is 1. The molecule has 2 N–H and O–H groups in total. The van der Waals surface area contributed by atoms with Crippen LogP contribution in [0.5, 0.6) is 0 Å². The van der Waals surface area contributed by atoms with Gasteiger partial charge in [0, 0.05) is 12.2 Å². The Hall–Kier alpha value is -1.32. The van der Waals surface area contributed by atoms with Crippen LogP contribution in [0, 0.1) is 6.92 Å². The van der Waals surface area contributed by atoms with Crippen molar-refractivity contribution in [2.24, 2.45) is 5.73 Å². The lowest BCUT2D eigenvalue weighted by Crippen LogP contribution is -2.08. The molecule has 0 radical (unpaired) electrons. The lowest BCUT2D eigenvalue weighted by molar-refractivity contribution is 0.698. The molecule has 0 saturated heterocycles. The largest absolute Gasteiger partial charge is 0.324 e. The van der Waals surface area contributed by atoms with Gasteiger partial charge in [-0.2, -0.15) is 5.10 Å². The first-order valence-electron chi connectivity index (χ1n) is 5.69. The van der Waals surface area contributed by atoms with Crippen molar-refractivity contribution < 1.29 is 0 Å². The van der Waals surface area contributed by atoms with Crippen molar-refractivity contribution in [3.05, 3.63) is 46.7 Å². The van der Waals surface area contributed by atoms with Gasteiger partial charge in [-0.25, -0.2) is 4.68 Å². The molecule has 1 aromatic carbocycles. The number of aromatic nitrogens is 2. The lowest BCUT2D eigenvalue weighted by atomic mass is 10.1. The zero-order valence-electron chi connectivity index (χ0n) is 10.0. The van der Waals surface area contributed by atoms with E-state index in [2.05, 4.69) is 12.0 Å². The number of hydrogen-bond acceptors (Lipinski definition) is 2. The third-order valence-corrected chi connectivity index (χ3v) is 3.24. The molecule has 0 fully saturated rings. The van der Waals surface area contributed by atoms with Gasteiger partial charge in [-0.3, -0.25) is 0 Å². The molecule has 0 spiro atoms. The quantitative estimate of drug-likeness (QED) is 0.908. The van der Waals surface area contributed by atoms with E-state index in [1.807, 2.05) is 37.4 Å². The molecule has 1 atom stereocenters. The minimum Gasteiger partial charge on any atom is -0.324 e. The second kappa shape index (κ2) is 4.90. The molecular weight excluding hydrogens is 234 g/mol. The van der Waals surface area contributed by atoms with E-state index < -0.39 is 0 Å². The summed E-state index contributed by atoms with van der Waals surface area (Å²) >= 11 is 5.98. The molecule has 0 unspecified atom stereocenters. The van der Waals surface area contributed by atoms with E-state index in [-0.39, 0.29) is 6.04 Å². The highest BCUT2D eigenvalue weighted by atomic mass is 35.5. The standard InChI is InChI=1S/C13H16ClN3/c1-3-13(15)10-4-6-11(7-5-10)17-8-12(14)9(2)16-17/h4-8,13H,3,15H2,1-2H3/t13-/m1/s1. The molecule has 0 aliphatic carbocycles. The zero-order valence-corrected chi connectivity index (χ0v) is 10.8. The number of halogens is 1. The number of hydrogen-bond donors (Lipinski definition) is 1. The lowest BCUT2D eigenvalue weighted by Gasteiger charge is -2.09. The average Bonchev–Trinajstić information content (AvgIpc) is 2.69. The topological polar surface area (TPSA) is 43.8 Å². The van der Waals surface area contributed by atoms with E-state index in [0.29, 0.717) is 5.02 Å². The molecule has 2 rings (SSSR count). The molecule has 0 bridgehead atoms. The van der Waals surface area contributed by atoms with Crippen molar-refractivity contribution in [2.45, 2.75) is 26.3 Å². The summed E-state index contributed by atoms with van der Waals surface area (Å²) in [5.41, 5.74) is 8.94. The Labute approximate surface area is 106 Å². The molecule has 17 heavy (non-hydrogen) atoms. The van der Waals surface area contributed by atoms with Crippen LogP contribution in [-0.2, 0) is 0 Å². The zero-order chi connectivity index (χ0) is 12.4. The fourth-order valence-electron chi connectivity index (χ4n) is 1.68. The van der Waals surface area contributed by atoms with Gasteiger partial charge in [-0.1, -0.05) is 30.7 Å². The summed E-state index contributed by atoms with van der Waals surface area (Å²) in [7, 11) is 0. The summed E-state index contributed by atoms with van der Waals surface area (Å²) in [6, 6.07) is 8.19. The SMILES string of the molecule is CC[C@@H](N)c1ccc(-n2cc(Cl)c(C)n2)cc1. The molecule has 1 aromatic heterocycles. The monoisotopic (exact) mass is 249 g/mol. The Morgan fingerprint density at radius 1 is 1.35 bits per heavy atom. The van der Waals surface area contributed by atoms with Gasteiger partial charge in [0.2, 0.25) is 0 Å². The Morgan fingerprint density at radius 3 is 2.47 bits per heavy atom. The molecule has 1 heterocycles. The predicted molar refractivity (Wildman–Crippen MR) is 70.5 cm³/mol. The van der Waals surface area contributed by atoms with Crippen molar-refractivity contribution in [2.75, 3.05) is 0 Å². The Bertz CT molecular complexity index is 482. The molecule has 0 amide bonds. The third kappa shape index (κ3) is 2.51. The van der Waals surface area contributed by atoms with Crippen molar-refractivity contribution >= 4 is 11.6 Å². The number of rotatable bonds is 3. The summed E-state index contributed by atoms with van der Waals surface area (Å²) in [6.07, 6.45) is 2.75. The first-order chi connectivity index (χ1) is 8.11. The van der Waals surface area contributed by atoms with Gasteiger partial charge < -0.3 is 5.73 Å². The fraction of sp³-hybridized carbons (Fsp3) is 0.308. The highest BCUT2D eigenvalue weighted by Crippen LogP contribution is 2.19. The first-order valence-corrected chi connectivity index (χ1v) is 6.07. The molecule has 0 aliphatic heterocycles. The van der Waals surface area contributed by atoms with Crippen LogP contribution in [0.2, 0.25) is 5.02 Å². The first kappa shape index (κ1) is 12.1. The highest BCUT2D eigenvalue weighted by Gasteiger charge is 2.06. The van der Waals surface area contributed by atoms with Crippen molar-refractivity contribution in [1.29, 1.82) is 0 Å². The maximum absolute atomic E-state index is 5.98. The van der Waals surface area contributed by atoms with E-state index in [4.69, 9.17) is 17.3 Å². The van der Waals surface area contributed by atoms with Gasteiger partial charge in [0.15, 0.2) is 0 Å². The third-order valence-electron chi connectivity index (χ3n) is 2.86. The van der Waals surface area contributed by atoms with Crippen LogP contribution in [0.15, 0.2) is 30.5 Å². The number of nitrogens with two attached hydrogens (primary N) is 1. The summed E-state index contributed by atoms with van der Waals surface area (Å²) in [6.45, 7) is 3.97. The van der Waals surface area contributed by atoms with Crippen LogP contribution in [0.4, 0.5) is 0 Å². The number of benzene rings is 1. The van der Waals surface area contributed by atoms with Gasteiger partial charge in [-0.15, -0.1) is 0 Å². The van der Waals surface area contributed by atoms with Crippen molar-refractivity contribution in [1.82, 2.24) is 9.78 Å². The molecule has 3 nitrogen and oxygen atoms in total. The fourth-order valence-corrected chi connectivity index (χ4v) is 1.81. The minimum atomic E-state index is 0.104. The van der Waals surface area contributed by atoms with Crippen molar-refractivity contribution in [3.8, 4) is 5.69 Å². The van der Waals surface area contributed by atoms with E-state index in [0.717, 1.165) is 23.4 Å². The Morgan fingerprint density at radius 2 is 2.00 bits per heavy atom. The average molecular weight is 250 g/mol. The molecule has 0 saturated carbocycles. The van der Waals surface area contributed by atoms with E-state index in [9.17, 15) is 0 Å². The summed E-state index contributed by atoms with van der Waals surface area (Å²) < 4.78 is 1.78. The Balaban J connectivity index is 2.29. The maximum Gasteiger partial charge on any atom is 0.0819 e. The van der Waals surface area contributed by atoms with Crippen LogP contribution in [-0.4, -0.2) is 9.78 Å². The predicted octanol–water partition coefficient (Wildman–Crippen LogP) is 3.24. The normalized spacial score (nSPS) is 12.7. The van der Waals surface area contributed by atoms with E-state index in [1.54, 1.807) is 4.68 Å². The molecule has 90 valence electrons. The maximum atomic E-state index is 5.98. The summed E-state index contributed by atoms with van der Waals surface area (Å²) in [5.74, 6) is 0. The van der Waals surface area contributed by atoms with Crippen LogP contribution in [0.1, 0.15) is 30.6 Å². The smallest absolute Gasteiger partial charge is 0.0819 e. The van der Waals surface area contributed by atoms with Crippen LogP contribution in [0.25, 0.3) is 5.69 Å².